The SMILES string of the molecule is Cc1cc(C)c(C(=O)O)c(NC(=O)C[C@@H]2OC(C)(C)O[C@@H]2C(C)/C=C\[C@@H](C)[C@@H](C)O)c1. The molecular weight excluding hydrogens is 398 g/mol. The van der Waals surface area contributed by atoms with E-state index in [0.29, 0.717) is 5.56 Å². The monoisotopic (exact) mass is 433 g/mol. The molecule has 1 saturated heterocycles. The Bertz CT molecular complexity index is 845. The molecule has 7 nitrogen and oxygen atoms in total. The molecule has 5 atom stereocenters. The van der Waals surface area contributed by atoms with Crippen LogP contribution in [0.15, 0.2) is 24.3 Å². The maximum atomic E-state index is 12.8. The second-order valence-electron chi connectivity index (χ2n) is 9.04. The molecule has 1 aromatic carbocycles. The van der Waals surface area contributed by atoms with Crippen molar-refractivity contribution in [3.8, 4) is 0 Å². The zero-order valence-corrected chi connectivity index (χ0v) is 19.4. The molecule has 0 bridgehead atoms. The molecule has 1 aliphatic heterocycles. The van der Waals surface area contributed by atoms with E-state index in [1.807, 2.05) is 32.9 Å². The van der Waals surface area contributed by atoms with Crippen LogP contribution >= 0.6 is 0 Å². The summed E-state index contributed by atoms with van der Waals surface area (Å²) in [5, 5.41) is 22.0. The van der Waals surface area contributed by atoms with Crippen LogP contribution in [0.25, 0.3) is 0 Å². The zero-order valence-electron chi connectivity index (χ0n) is 19.4. The van der Waals surface area contributed by atoms with E-state index >= 15 is 0 Å². The molecule has 0 aliphatic carbocycles. The Kier molecular flexibility index (Phi) is 8.03. The Hall–Kier alpha value is -2.22. The minimum absolute atomic E-state index is 0.00136. The van der Waals surface area contributed by atoms with E-state index in [-0.39, 0.29) is 41.5 Å². The number of nitrogens with one attached hydrogen (secondary N) is 1. The first-order chi connectivity index (χ1) is 14.3. The van der Waals surface area contributed by atoms with E-state index in [1.54, 1.807) is 39.8 Å². The van der Waals surface area contributed by atoms with Gasteiger partial charge >= 0.3 is 5.97 Å². The molecule has 31 heavy (non-hydrogen) atoms. The number of ether oxygens (including phenoxy) is 2. The minimum atomic E-state index is -1.08. The third-order valence-corrected chi connectivity index (χ3v) is 5.57. The van der Waals surface area contributed by atoms with Crippen LogP contribution in [0.3, 0.4) is 0 Å². The van der Waals surface area contributed by atoms with Crippen molar-refractivity contribution in [3.63, 3.8) is 0 Å². The molecule has 1 aromatic rings. The fourth-order valence-corrected chi connectivity index (χ4v) is 3.82. The third kappa shape index (κ3) is 6.63. The Balaban J connectivity index is 2.16. The summed E-state index contributed by atoms with van der Waals surface area (Å²) in [4.78, 5) is 24.5. The van der Waals surface area contributed by atoms with Gasteiger partial charge in [-0.2, -0.15) is 0 Å². The molecule has 1 heterocycles. The van der Waals surface area contributed by atoms with E-state index < -0.39 is 24.0 Å². The van der Waals surface area contributed by atoms with Crippen molar-refractivity contribution in [1.29, 1.82) is 0 Å². The molecule has 1 fully saturated rings. The Morgan fingerprint density at radius 3 is 2.39 bits per heavy atom. The van der Waals surface area contributed by atoms with Crippen LogP contribution in [0.4, 0.5) is 5.69 Å². The van der Waals surface area contributed by atoms with Crippen LogP contribution in [0.2, 0.25) is 0 Å². The number of carboxylic acids is 1. The number of aliphatic hydroxyl groups is 1. The Morgan fingerprint density at radius 1 is 1.16 bits per heavy atom. The number of benzene rings is 1. The van der Waals surface area contributed by atoms with Crippen LogP contribution in [0, 0.1) is 25.7 Å². The van der Waals surface area contributed by atoms with Gasteiger partial charge < -0.3 is 25.0 Å². The topological polar surface area (TPSA) is 105 Å². The lowest BCUT2D eigenvalue weighted by molar-refractivity contribution is -0.150. The van der Waals surface area contributed by atoms with Gasteiger partial charge in [-0.05, 0) is 57.7 Å². The fraction of sp³-hybridized carbons (Fsp3) is 0.583. The van der Waals surface area contributed by atoms with Gasteiger partial charge in [0.15, 0.2) is 5.79 Å². The lowest BCUT2D eigenvalue weighted by Crippen LogP contribution is -2.32. The highest BCUT2D eigenvalue weighted by Crippen LogP contribution is 2.35. The summed E-state index contributed by atoms with van der Waals surface area (Å²) in [7, 11) is 0. The van der Waals surface area contributed by atoms with E-state index in [9.17, 15) is 19.8 Å². The summed E-state index contributed by atoms with van der Waals surface area (Å²) in [5.41, 5.74) is 1.82. The van der Waals surface area contributed by atoms with E-state index in [0.717, 1.165) is 5.56 Å². The maximum Gasteiger partial charge on any atom is 0.338 e. The molecule has 3 N–H and O–H groups in total. The Morgan fingerprint density at radius 2 is 1.81 bits per heavy atom. The lowest BCUT2D eigenvalue weighted by atomic mass is 9.95. The number of aryl methyl sites for hydroxylation is 2. The predicted molar refractivity (Wildman–Crippen MR) is 119 cm³/mol. The summed E-state index contributed by atoms with van der Waals surface area (Å²) in [6, 6.07) is 3.43. The average molecular weight is 434 g/mol. The van der Waals surface area contributed by atoms with Crippen molar-refractivity contribution in [2.45, 2.75) is 79.0 Å². The van der Waals surface area contributed by atoms with Gasteiger partial charge in [-0.25, -0.2) is 4.79 Å². The molecule has 0 spiro atoms. The zero-order chi connectivity index (χ0) is 23.5. The first-order valence-corrected chi connectivity index (χ1v) is 10.7. The van der Waals surface area contributed by atoms with Crippen LogP contribution in [-0.2, 0) is 14.3 Å². The van der Waals surface area contributed by atoms with Crippen molar-refractivity contribution < 1.29 is 29.3 Å². The molecule has 1 amide bonds. The normalized spacial score (nSPS) is 23.5. The smallest absolute Gasteiger partial charge is 0.338 e. The number of aliphatic hydroxyl groups excluding tert-OH is 1. The molecule has 0 radical (unpaired) electrons. The minimum Gasteiger partial charge on any atom is -0.478 e. The first-order valence-electron chi connectivity index (χ1n) is 10.7. The third-order valence-electron chi connectivity index (χ3n) is 5.57. The second-order valence-corrected chi connectivity index (χ2v) is 9.04. The summed E-state index contributed by atoms with van der Waals surface area (Å²) in [5.74, 6) is -2.30. The Labute approximate surface area is 184 Å². The lowest BCUT2D eigenvalue weighted by Gasteiger charge is -2.22. The number of carboxylic acid groups (broad SMARTS) is 1. The highest BCUT2D eigenvalue weighted by atomic mass is 16.8. The van der Waals surface area contributed by atoms with E-state index in [4.69, 9.17) is 9.47 Å². The molecule has 1 unspecified atom stereocenters. The molecule has 0 aromatic heterocycles. The van der Waals surface area contributed by atoms with Crippen molar-refractivity contribution in [2.75, 3.05) is 5.32 Å². The van der Waals surface area contributed by atoms with E-state index in [1.165, 1.54) is 0 Å². The number of aromatic carboxylic acids is 1. The number of anilines is 1. The van der Waals surface area contributed by atoms with Gasteiger partial charge in [0.1, 0.15) is 0 Å². The number of rotatable bonds is 8. The van der Waals surface area contributed by atoms with Gasteiger partial charge in [0.25, 0.3) is 0 Å². The van der Waals surface area contributed by atoms with Gasteiger partial charge in [0, 0.05) is 5.92 Å². The van der Waals surface area contributed by atoms with Gasteiger partial charge in [0.2, 0.25) is 5.91 Å². The molecule has 1 aliphatic rings. The highest BCUT2D eigenvalue weighted by Gasteiger charge is 2.44. The summed E-state index contributed by atoms with van der Waals surface area (Å²) < 4.78 is 12.0. The summed E-state index contributed by atoms with van der Waals surface area (Å²) in [6.45, 7) is 12.8. The maximum absolute atomic E-state index is 12.8. The first kappa shape index (κ1) is 25.0. The second kappa shape index (κ2) is 9.94. The largest absolute Gasteiger partial charge is 0.478 e. The van der Waals surface area contributed by atoms with Gasteiger partial charge in [-0.3, -0.25) is 4.79 Å². The van der Waals surface area contributed by atoms with Gasteiger partial charge in [-0.1, -0.05) is 32.1 Å². The van der Waals surface area contributed by atoms with Gasteiger partial charge in [-0.15, -0.1) is 0 Å². The molecule has 7 heteroatoms. The fourth-order valence-electron chi connectivity index (χ4n) is 3.82. The van der Waals surface area contributed by atoms with Crippen LogP contribution in [0.1, 0.15) is 62.5 Å². The van der Waals surface area contributed by atoms with Gasteiger partial charge in [0.05, 0.1) is 36.0 Å². The average Bonchev–Trinajstić information content (AvgIpc) is 2.92. The number of hydrogen-bond donors (Lipinski definition) is 3. The highest BCUT2D eigenvalue weighted by molar-refractivity contribution is 6.01. The van der Waals surface area contributed by atoms with Crippen molar-refractivity contribution in [2.24, 2.45) is 11.8 Å². The van der Waals surface area contributed by atoms with Crippen molar-refractivity contribution >= 4 is 17.6 Å². The summed E-state index contributed by atoms with van der Waals surface area (Å²) in [6.07, 6.45) is 2.65. The van der Waals surface area contributed by atoms with Crippen LogP contribution in [0.5, 0.6) is 0 Å². The standard InChI is InChI=1S/C24H35NO6/c1-13-10-16(4)21(23(28)29)18(11-13)25-20(27)12-19-22(31-24(6,7)30-19)15(3)9-8-14(2)17(5)26/h8-11,14-15,17,19,22,26H,12H2,1-7H3,(H,25,27)(H,28,29)/b9-8-/t14-,15?,17-,19+,22-/m1/s1. The molecular formula is C24H35NO6. The van der Waals surface area contributed by atoms with Crippen LogP contribution in [-0.4, -0.2) is 46.2 Å². The van der Waals surface area contributed by atoms with Crippen molar-refractivity contribution in [1.82, 2.24) is 0 Å². The van der Waals surface area contributed by atoms with Crippen molar-refractivity contribution in [3.05, 3.63) is 41.0 Å². The van der Waals surface area contributed by atoms with Crippen LogP contribution < -0.4 is 5.32 Å². The molecule has 0 saturated carbocycles. The number of hydrogen-bond acceptors (Lipinski definition) is 5. The molecule has 2 rings (SSSR count). The molecule has 172 valence electrons. The predicted octanol–water partition coefficient (Wildman–Crippen LogP) is 4.06. The number of carbonyl (C=O) groups is 2. The summed E-state index contributed by atoms with van der Waals surface area (Å²) >= 11 is 0. The number of carbonyl (C=O) groups excluding carboxylic acids is 1. The number of amides is 1. The van der Waals surface area contributed by atoms with E-state index in [2.05, 4.69) is 5.32 Å². The quantitative estimate of drug-likeness (QED) is 0.534.